The molecule has 7 nitrogen and oxygen atoms in total. The van der Waals surface area contributed by atoms with Gasteiger partial charge in [0.1, 0.15) is 11.9 Å². The number of furan rings is 1. The third-order valence-electron chi connectivity index (χ3n) is 5.64. The Kier molecular flexibility index (Phi) is 4.52. The fourth-order valence-corrected chi connectivity index (χ4v) is 4.05. The number of aliphatic hydroxyl groups excluding tert-OH is 1. The van der Waals surface area contributed by atoms with Gasteiger partial charge in [0.2, 0.25) is 11.8 Å². The first-order chi connectivity index (χ1) is 12.1. The van der Waals surface area contributed by atoms with Crippen molar-refractivity contribution in [3.63, 3.8) is 0 Å². The summed E-state index contributed by atoms with van der Waals surface area (Å²) in [6, 6.07) is 3.60. The molecule has 3 heterocycles. The molecule has 0 bridgehead atoms. The molecule has 1 aliphatic carbocycles. The molecule has 0 unspecified atom stereocenters. The molecule has 0 radical (unpaired) electrons. The van der Waals surface area contributed by atoms with Gasteiger partial charge in [0.25, 0.3) is 0 Å². The lowest BCUT2D eigenvalue weighted by molar-refractivity contribution is -0.147. The van der Waals surface area contributed by atoms with Crippen molar-refractivity contribution in [3.8, 4) is 0 Å². The van der Waals surface area contributed by atoms with Gasteiger partial charge in [0.05, 0.1) is 25.0 Å². The van der Waals surface area contributed by atoms with Gasteiger partial charge in [0, 0.05) is 19.0 Å². The molecule has 7 heteroatoms. The van der Waals surface area contributed by atoms with Crippen molar-refractivity contribution in [2.75, 3.05) is 13.1 Å². The van der Waals surface area contributed by atoms with Crippen LogP contribution in [0.1, 0.15) is 31.4 Å². The number of carbonyl (C=O) groups is 2. The van der Waals surface area contributed by atoms with E-state index in [9.17, 15) is 14.7 Å². The summed E-state index contributed by atoms with van der Waals surface area (Å²) in [5, 5.41) is 12.2. The highest BCUT2D eigenvalue weighted by Gasteiger charge is 2.44. The first-order valence-corrected chi connectivity index (χ1v) is 9.02. The van der Waals surface area contributed by atoms with Crippen molar-refractivity contribution in [2.45, 2.75) is 50.5 Å². The van der Waals surface area contributed by atoms with E-state index in [1.54, 1.807) is 12.3 Å². The van der Waals surface area contributed by atoms with Gasteiger partial charge < -0.3 is 24.5 Å². The fraction of sp³-hybridized carbons (Fsp3) is 0.667. The van der Waals surface area contributed by atoms with E-state index in [-0.39, 0.29) is 29.9 Å². The molecule has 4 rings (SSSR count). The van der Waals surface area contributed by atoms with Crippen molar-refractivity contribution in [3.05, 3.63) is 24.2 Å². The van der Waals surface area contributed by atoms with Crippen molar-refractivity contribution in [1.29, 1.82) is 0 Å². The summed E-state index contributed by atoms with van der Waals surface area (Å²) in [5.41, 5.74) is 0. The number of likely N-dealkylation sites (tertiary alicyclic amines) is 1. The molecule has 3 atom stereocenters. The van der Waals surface area contributed by atoms with E-state index < -0.39 is 6.10 Å². The topological polar surface area (TPSA) is 92.0 Å². The summed E-state index contributed by atoms with van der Waals surface area (Å²) >= 11 is 0. The maximum Gasteiger partial charge on any atom is 0.249 e. The first-order valence-electron chi connectivity index (χ1n) is 9.02. The fourth-order valence-electron chi connectivity index (χ4n) is 4.05. The van der Waals surface area contributed by atoms with Crippen LogP contribution in [0.3, 0.4) is 0 Å². The highest BCUT2D eigenvalue weighted by Crippen LogP contribution is 2.36. The lowest BCUT2D eigenvalue weighted by Crippen LogP contribution is -2.50. The zero-order valence-corrected chi connectivity index (χ0v) is 14.1. The van der Waals surface area contributed by atoms with Crippen molar-refractivity contribution >= 4 is 11.8 Å². The van der Waals surface area contributed by atoms with Gasteiger partial charge in [-0.1, -0.05) is 0 Å². The molecule has 0 spiro atoms. The molecule has 1 aromatic rings. The number of fused-ring (bicyclic) bond motifs is 1. The highest BCUT2D eigenvalue weighted by molar-refractivity contribution is 5.81. The Labute approximate surface area is 146 Å². The van der Waals surface area contributed by atoms with Crippen LogP contribution in [0.4, 0.5) is 0 Å². The minimum atomic E-state index is -0.453. The molecule has 1 saturated carbocycles. The molecule has 3 fully saturated rings. The summed E-state index contributed by atoms with van der Waals surface area (Å²) in [5.74, 6) is 1.00. The van der Waals surface area contributed by atoms with Crippen molar-refractivity contribution < 1.29 is 23.8 Å². The van der Waals surface area contributed by atoms with Crippen molar-refractivity contribution in [2.24, 2.45) is 11.8 Å². The van der Waals surface area contributed by atoms with E-state index >= 15 is 0 Å². The maximum atomic E-state index is 12.4. The van der Waals surface area contributed by atoms with Crippen LogP contribution < -0.4 is 5.32 Å². The number of aliphatic hydroxyl groups is 1. The number of piperidine rings is 1. The quantitative estimate of drug-likeness (QED) is 0.835. The number of nitrogens with zero attached hydrogens (tertiary/aromatic N) is 1. The average Bonchev–Trinajstić information content (AvgIpc) is 3.24. The molecular weight excluding hydrogens is 324 g/mol. The molecule has 2 saturated heterocycles. The predicted molar refractivity (Wildman–Crippen MR) is 87.3 cm³/mol. The van der Waals surface area contributed by atoms with E-state index in [0.717, 1.165) is 13.0 Å². The predicted octanol–water partition coefficient (Wildman–Crippen LogP) is 0.673. The van der Waals surface area contributed by atoms with E-state index in [0.29, 0.717) is 44.0 Å². The Morgan fingerprint density at radius 2 is 2.16 bits per heavy atom. The van der Waals surface area contributed by atoms with Gasteiger partial charge in [-0.3, -0.25) is 9.59 Å². The van der Waals surface area contributed by atoms with Crippen LogP contribution in [0.2, 0.25) is 0 Å². The summed E-state index contributed by atoms with van der Waals surface area (Å²) in [6.45, 7) is 1.63. The molecule has 1 aromatic heterocycles. The number of hydrogen-bond acceptors (Lipinski definition) is 5. The van der Waals surface area contributed by atoms with Gasteiger partial charge in [-0.15, -0.1) is 0 Å². The lowest BCUT2D eigenvalue weighted by atomic mass is 9.80. The van der Waals surface area contributed by atoms with Crippen LogP contribution in [-0.4, -0.2) is 53.2 Å². The minimum Gasteiger partial charge on any atom is -0.467 e. The molecule has 2 amide bonds. The number of ether oxygens (including phenoxy) is 1. The van der Waals surface area contributed by atoms with E-state index in [2.05, 4.69) is 5.32 Å². The molecule has 2 N–H and O–H groups in total. The Balaban J connectivity index is 1.28. The van der Waals surface area contributed by atoms with E-state index in [1.807, 2.05) is 11.0 Å². The molecule has 3 aliphatic rings. The van der Waals surface area contributed by atoms with Gasteiger partial charge in [-0.2, -0.15) is 0 Å². The number of amides is 2. The third kappa shape index (κ3) is 3.43. The Hall–Kier alpha value is -1.86. The number of carbonyl (C=O) groups excluding carboxylic acids is 2. The summed E-state index contributed by atoms with van der Waals surface area (Å²) < 4.78 is 11.2. The highest BCUT2D eigenvalue weighted by atomic mass is 16.5. The number of hydrogen-bond donors (Lipinski definition) is 2. The molecular formula is C18H24N2O5. The molecule has 136 valence electrons. The second-order valence-electron chi connectivity index (χ2n) is 7.35. The summed E-state index contributed by atoms with van der Waals surface area (Å²) in [7, 11) is 0. The molecule has 2 aliphatic heterocycles. The standard InChI is InChI=1S/C18H24N2O5/c21-13-6-12(7-13)18(23)20-4-3-11-8-15(25-16(11)10-20)17(22)19-9-14-2-1-5-24-14/h1-2,5,11-13,15-16,21H,3-4,6-10H2,(H,19,22)/t11-,12?,13?,15+,16+/m1/s1. The van der Waals surface area contributed by atoms with Crippen LogP contribution in [-0.2, 0) is 20.9 Å². The Bertz CT molecular complexity index is 625. The monoisotopic (exact) mass is 348 g/mol. The summed E-state index contributed by atoms with van der Waals surface area (Å²) in [4.78, 5) is 26.6. The van der Waals surface area contributed by atoms with Crippen LogP contribution in [0, 0.1) is 11.8 Å². The summed E-state index contributed by atoms with van der Waals surface area (Å²) in [6.07, 6.45) is 3.45. The Morgan fingerprint density at radius 1 is 1.32 bits per heavy atom. The first kappa shape index (κ1) is 16.6. The van der Waals surface area contributed by atoms with Crippen LogP contribution in [0.5, 0.6) is 0 Å². The average molecular weight is 348 g/mol. The second kappa shape index (κ2) is 6.80. The third-order valence-corrected chi connectivity index (χ3v) is 5.64. The largest absolute Gasteiger partial charge is 0.467 e. The van der Waals surface area contributed by atoms with Gasteiger partial charge in [-0.05, 0) is 43.7 Å². The zero-order valence-electron chi connectivity index (χ0n) is 14.1. The van der Waals surface area contributed by atoms with E-state index in [1.165, 1.54) is 0 Å². The lowest BCUT2D eigenvalue weighted by Gasteiger charge is -2.39. The minimum absolute atomic E-state index is 0.0413. The normalized spacial score (nSPS) is 34.3. The van der Waals surface area contributed by atoms with Crippen LogP contribution >= 0.6 is 0 Å². The van der Waals surface area contributed by atoms with Gasteiger partial charge in [0.15, 0.2) is 0 Å². The smallest absolute Gasteiger partial charge is 0.249 e. The zero-order chi connectivity index (χ0) is 17.4. The number of nitrogens with one attached hydrogen (secondary N) is 1. The van der Waals surface area contributed by atoms with Gasteiger partial charge >= 0.3 is 0 Å². The molecule has 0 aromatic carbocycles. The molecule has 25 heavy (non-hydrogen) atoms. The van der Waals surface area contributed by atoms with E-state index in [4.69, 9.17) is 9.15 Å². The SMILES string of the molecule is O=C(NCc1ccco1)[C@@H]1C[C@H]2CCN(C(=O)C3CC(O)C3)C[C@@H]2O1. The van der Waals surface area contributed by atoms with Crippen molar-refractivity contribution in [1.82, 2.24) is 10.2 Å². The van der Waals surface area contributed by atoms with Crippen LogP contribution in [0.15, 0.2) is 22.8 Å². The van der Waals surface area contributed by atoms with Crippen LogP contribution in [0.25, 0.3) is 0 Å². The Morgan fingerprint density at radius 3 is 2.88 bits per heavy atom. The second-order valence-corrected chi connectivity index (χ2v) is 7.35. The number of rotatable bonds is 4. The maximum absolute atomic E-state index is 12.4. The van der Waals surface area contributed by atoms with Gasteiger partial charge in [-0.25, -0.2) is 0 Å².